The van der Waals surface area contributed by atoms with Crippen LogP contribution in [-0.2, 0) is 4.79 Å². The molecule has 1 aliphatic heterocycles. The number of amides is 1. The average molecular weight is 351 g/mol. The van der Waals surface area contributed by atoms with Crippen molar-refractivity contribution < 1.29 is 4.79 Å². The molecule has 3 rings (SSSR count). The van der Waals surface area contributed by atoms with Gasteiger partial charge in [-0.1, -0.05) is 60.7 Å². The Balaban J connectivity index is 1.63. The smallest absolute Gasteiger partial charge is 0.221 e. The molecule has 0 radical (unpaired) electrons. The second-order valence-electron chi connectivity index (χ2n) is 7.55. The van der Waals surface area contributed by atoms with E-state index in [2.05, 4.69) is 48.3 Å². The number of piperidine rings is 1. The third-order valence-corrected chi connectivity index (χ3v) is 5.42. The van der Waals surface area contributed by atoms with Crippen LogP contribution >= 0.6 is 0 Å². The maximum Gasteiger partial charge on any atom is 0.221 e. The maximum absolute atomic E-state index is 12.8. The van der Waals surface area contributed by atoms with Crippen molar-refractivity contribution in [1.82, 2.24) is 10.2 Å². The Morgan fingerprint density at radius 2 is 1.46 bits per heavy atom. The molecular weight excluding hydrogens is 320 g/mol. The van der Waals surface area contributed by atoms with Crippen molar-refractivity contribution in [2.75, 3.05) is 13.1 Å². The van der Waals surface area contributed by atoms with Crippen molar-refractivity contribution in [1.29, 1.82) is 0 Å². The molecule has 0 atom stereocenters. The van der Waals surface area contributed by atoms with Crippen LogP contribution in [-0.4, -0.2) is 36.0 Å². The highest BCUT2D eigenvalue weighted by Crippen LogP contribution is 2.28. The maximum atomic E-state index is 12.8. The Morgan fingerprint density at radius 1 is 0.962 bits per heavy atom. The van der Waals surface area contributed by atoms with E-state index in [0.29, 0.717) is 18.5 Å². The van der Waals surface area contributed by atoms with Crippen LogP contribution < -0.4 is 5.32 Å². The Bertz CT molecular complexity index is 636. The van der Waals surface area contributed by atoms with Gasteiger partial charge in [-0.15, -0.1) is 0 Å². The van der Waals surface area contributed by atoms with Gasteiger partial charge in [-0.25, -0.2) is 0 Å². The number of carbonyl (C=O) groups is 1. The summed E-state index contributed by atoms with van der Waals surface area (Å²) in [6.45, 7) is 6.62. The van der Waals surface area contributed by atoms with Crippen molar-refractivity contribution in [2.45, 2.75) is 51.1 Å². The number of nitrogens with zero attached hydrogens (tertiary/aromatic N) is 1. The fourth-order valence-corrected chi connectivity index (χ4v) is 3.83. The SMILES string of the molecule is CC(C)N1CCC(NC(=O)CC(c2ccccc2)c2ccccc2)CC1. The van der Waals surface area contributed by atoms with E-state index >= 15 is 0 Å². The normalized spacial score (nSPS) is 16.2. The predicted molar refractivity (Wildman–Crippen MR) is 107 cm³/mol. The minimum Gasteiger partial charge on any atom is -0.353 e. The molecule has 0 bridgehead atoms. The molecule has 1 saturated heterocycles. The van der Waals surface area contributed by atoms with E-state index in [1.165, 1.54) is 11.1 Å². The lowest BCUT2D eigenvalue weighted by atomic mass is 9.88. The number of likely N-dealkylation sites (tertiary alicyclic amines) is 1. The number of rotatable bonds is 6. The first-order valence-electron chi connectivity index (χ1n) is 9.77. The van der Waals surface area contributed by atoms with Gasteiger partial charge in [0.1, 0.15) is 0 Å². The van der Waals surface area contributed by atoms with Crippen molar-refractivity contribution in [3.8, 4) is 0 Å². The topological polar surface area (TPSA) is 32.3 Å². The molecule has 3 heteroatoms. The summed E-state index contributed by atoms with van der Waals surface area (Å²) in [6.07, 6.45) is 2.59. The Kier molecular flexibility index (Phi) is 6.45. The van der Waals surface area contributed by atoms with Crippen LogP contribution in [0.15, 0.2) is 60.7 Å². The van der Waals surface area contributed by atoms with Crippen LogP contribution in [0, 0.1) is 0 Å². The van der Waals surface area contributed by atoms with Crippen LogP contribution in [0.2, 0.25) is 0 Å². The Labute approximate surface area is 157 Å². The molecule has 1 amide bonds. The number of nitrogens with one attached hydrogen (secondary N) is 1. The zero-order chi connectivity index (χ0) is 18.4. The van der Waals surface area contributed by atoms with E-state index < -0.39 is 0 Å². The molecular formula is C23H30N2O. The highest BCUT2D eigenvalue weighted by molar-refractivity contribution is 5.78. The molecule has 1 aliphatic rings. The van der Waals surface area contributed by atoms with Crippen molar-refractivity contribution in [3.63, 3.8) is 0 Å². The third kappa shape index (κ3) is 4.95. The minimum atomic E-state index is 0.105. The summed E-state index contributed by atoms with van der Waals surface area (Å²) in [5, 5.41) is 3.28. The van der Waals surface area contributed by atoms with Gasteiger partial charge in [0.25, 0.3) is 0 Å². The van der Waals surface area contributed by atoms with E-state index in [4.69, 9.17) is 0 Å². The lowest BCUT2D eigenvalue weighted by Crippen LogP contribution is -2.46. The first-order chi connectivity index (χ1) is 12.6. The quantitative estimate of drug-likeness (QED) is 0.847. The molecule has 0 spiro atoms. The van der Waals surface area contributed by atoms with E-state index in [0.717, 1.165) is 25.9 Å². The summed E-state index contributed by atoms with van der Waals surface area (Å²) in [5.41, 5.74) is 2.40. The molecule has 26 heavy (non-hydrogen) atoms. The molecule has 3 nitrogen and oxygen atoms in total. The van der Waals surface area contributed by atoms with Crippen LogP contribution in [0.4, 0.5) is 0 Å². The first kappa shape index (κ1) is 18.7. The fraction of sp³-hybridized carbons (Fsp3) is 0.435. The second kappa shape index (κ2) is 9.00. The van der Waals surface area contributed by atoms with Gasteiger partial charge in [0.05, 0.1) is 0 Å². The standard InChI is InChI=1S/C23H30N2O/c1-18(2)25-15-13-21(14-16-25)24-23(26)17-22(19-9-5-3-6-10-19)20-11-7-4-8-12-20/h3-12,18,21-22H,13-17H2,1-2H3,(H,24,26). The van der Waals surface area contributed by atoms with E-state index in [1.807, 2.05) is 36.4 Å². The van der Waals surface area contributed by atoms with E-state index in [-0.39, 0.29) is 11.8 Å². The first-order valence-corrected chi connectivity index (χ1v) is 9.77. The molecule has 138 valence electrons. The third-order valence-electron chi connectivity index (χ3n) is 5.42. The highest BCUT2D eigenvalue weighted by Gasteiger charge is 2.24. The minimum absolute atomic E-state index is 0.105. The van der Waals surface area contributed by atoms with Gasteiger partial charge in [-0.2, -0.15) is 0 Å². The molecule has 0 aromatic heterocycles. The zero-order valence-electron chi connectivity index (χ0n) is 15.9. The van der Waals surface area contributed by atoms with Crippen molar-refractivity contribution >= 4 is 5.91 Å². The second-order valence-corrected chi connectivity index (χ2v) is 7.55. The van der Waals surface area contributed by atoms with Gasteiger partial charge in [0.15, 0.2) is 0 Å². The molecule has 0 aliphatic carbocycles. The number of hydrogen-bond donors (Lipinski definition) is 1. The summed E-state index contributed by atoms with van der Waals surface area (Å²) < 4.78 is 0. The van der Waals surface area contributed by atoms with Gasteiger partial charge < -0.3 is 10.2 Å². The van der Waals surface area contributed by atoms with Crippen LogP contribution in [0.3, 0.4) is 0 Å². The Morgan fingerprint density at radius 3 is 1.92 bits per heavy atom. The lowest BCUT2D eigenvalue weighted by molar-refractivity contribution is -0.122. The number of hydrogen-bond acceptors (Lipinski definition) is 2. The molecule has 1 N–H and O–H groups in total. The largest absolute Gasteiger partial charge is 0.353 e. The summed E-state index contributed by atoms with van der Waals surface area (Å²) in [7, 11) is 0. The molecule has 0 saturated carbocycles. The summed E-state index contributed by atoms with van der Waals surface area (Å²) >= 11 is 0. The van der Waals surface area contributed by atoms with E-state index in [9.17, 15) is 4.79 Å². The van der Waals surface area contributed by atoms with Gasteiger partial charge in [0.2, 0.25) is 5.91 Å². The molecule has 2 aromatic rings. The van der Waals surface area contributed by atoms with Gasteiger partial charge in [-0.05, 0) is 37.8 Å². The molecule has 1 fully saturated rings. The van der Waals surface area contributed by atoms with Gasteiger partial charge in [0, 0.05) is 37.5 Å². The van der Waals surface area contributed by atoms with Crippen LogP contribution in [0.5, 0.6) is 0 Å². The van der Waals surface area contributed by atoms with Gasteiger partial charge >= 0.3 is 0 Å². The van der Waals surface area contributed by atoms with Gasteiger partial charge in [-0.3, -0.25) is 4.79 Å². The van der Waals surface area contributed by atoms with Crippen molar-refractivity contribution in [3.05, 3.63) is 71.8 Å². The number of carbonyl (C=O) groups excluding carboxylic acids is 1. The zero-order valence-corrected chi connectivity index (χ0v) is 15.9. The van der Waals surface area contributed by atoms with Crippen LogP contribution in [0.1, 0.15) is 50.2 Å². The predicted octanol–water partition coefficient (Wildman–Crippen LogP) is 4.20. The molecule has 0 unspecified atom stereocenters. The molecule has 2 aromatic carbocycles. The number of benzene rings is 2. The Hall–Kier alpha value is -2.13. The van der Waals surface area contributed by atoms with E-state index in [1.54, 1.807) is 0 Å². The molecule has 1 heterocycles. The lowest BCUT2D eigenvalue weighted by Gasteiger charge is -2.35. The summed E-state index contributed by atoms with van der Waals surface area (Å²) in [5.74, 6) is 0.263. The summed E-state index contributed by atoms with van der Waals surface area (Å²) in [6, 6.07) is 21.6. The average Bonchev–Trinajstić information content (AvgIpc) is 2.68. The monoisotopic (exact) mass is 350 g/mol. The highest BCUT2D eigenvalue weighted by atomic mass is 16.1. The fourth-order valence-electron chi connectivity index (χ4n) is 3.83. The van der Waals surface area contributed by atoms with Crippen LogP contribution in [0.25, 0.3) is 0 Å². The summed E-state index contributed by atoms with van der Waals surface area (Å²) in [4.78, 5) is 15.2. The van der Waals surface area contributed by atoms with Crippen molar-refractivity contribution in [2.24, 2.45) is 0 Å².